The monoisotopic (exact) mass is 323 g/mol. The predicted molar refractivity (Wildman–Crippen MR) is 81.3 cm³/mol. The first kappa shape index (κ1) is 16.8. The number of alkyl carbamates (subject to hydrolysis) is 1. The second-order valence-electron chi connectivity index (χ2n) is 6.42. The van der Waals surface area contributed by atoms with E-state index in [1.165, 1.54) is 0 Å². The number of nitrogens with one attached hydrogen (secondary N) is 2. The van der Waals surface area contributed by atoms with Gasteiger partial charge in [-0.05, 0) is 27.2 Å². The normalized spacial score (nSPS) is 18.6. The summed E-state index contributed by atoms with van der Waals surface area (Å²) in [6.07, 6.45) is 0.889. The number of fused-ring (bicyclic) bond motifs is 1. The van der Waals surface area contributed by atoms with Crippen molar-refractivity contribution in [1.82, 2.24) is 15.1 Å². The van der Waals surface area contributed by atoms with Gasteiger partial charge in [0.25, 0.3) is 0 Å². The van der Waals surface area contributed by atoms with E-state index in [-0.39, 0.29) is 12.3 Å². The summed E-state index contributed by atoms with van der Waals surface area (Å²) in [7, 11) is 0. The first-order valence-electron chi connectivity index (χ1n) is 7.27. The van der Waals surface area contributed by atoms with Crippen molar-refractivity contribution >= 4 is 23.7 Å². The minimum Gasteiger partial charge on any atom is -0.444 e. The standard InChI is InChI=1S/C14H21N5O4/c1-14(2,3)23-13(22)17-9(11(15)20)6-8-7-19-10(4-5-16-19)18-12(8)21/h4-5,8-9H,6-7H2,1-3H3,(H2,15,20)(H,17,22)(H,18,21)/t8?,9-/m0/s1. The average molecular weight is 323 g/mol. The molecule has 1 unspecified atom stereocenters. The van der Waals surface area contributed by atoms with Crippen LogP contribution in [0.3, 0.4) is 0 Å². The molecule has 4 N–H and O–H groups in total. The smallest absolute Gasteiger partial charge is 0.408 e. The molecule has 23 heavy (non-hydrogen) atoms. The van der Waals surface area contributed by atoms with Crippen molar-refractivity contribution in [2.75, 3.05) is 5.32 Å². The molecule has 3 amide bonds. The van der Waals surface area contributed by atoms with Crippen molar-refractivity contribution in [3.8, 4) is 0 Å². The fraction of sp³-hybridized carbons (Fsp3) is 0.571. The van der Waals surface area contributed by atoms with Gasteiger partial charge in [-0.1, -0.05) is 0 Å². The summed E-state index contributed by atoms with van der Waals surface area (Å²) >= 11 is 0. The molecule has 1 aromatic heterocycles. The lowest BCUT2D eigenvalue weighted by Crippen LogP contribution is -2.49. The molecule has 1 aliphatic rings. The molecular formula is C14H21N5O4. The van der Waals surface area contributed by atoms with Crippen LogP contribution in [-0.2, 0) is 20.9 Å². The van der Waals surface area contributed by atoms with Crippen LogP contribution in [0.15, 0.2) is 12.3 Å². The van der Waals surface area contributed by atoms with E-state index in [2.05, 4.69) is 15.7 Å². The van der Waals surface area contributed by atoms with Crippen LogP contribution in [0.2, 0.25) is 0 Å². The van der Waals surface area contributed by atoms with Gasteiger partial charge in [0.1, 0.15) is 17.5 Å². The molecule has 2 rings (SSSR count). The highest BCUT2D eigenvalue weighted by Gasteiger charge is 2.32. The Kier molecular flexibility index (Phi) is 4.57. The van der Waals surface area contributed by atoms with Crippen LogP contribution in [0.1, 0.15) is 27.2 Å². The summed E-state index contributed by atoms with van der Waals surface area (Å²) in [5.41, 5.74) is 4.63. The molecule has 9 heteroatoms. The van der Waals surface area contributed by atoms with E-state index in [0.717, 1.165) is 0 Å². The number of amides is 3. The molecule has 126 valence electrons. The molecule has 0 aromatic carbocycles. The van der Waals surface area contributed by atoms with Gasteiger partial charge in [-0.25, -0.2) is 9.48 Å². The first-order chi connectivity index (χ1) is 10.7. The third kappa shape index (κ3) is 4.44. The lowest BCUT2D eigenvalue weighted by molar-refractivity contribution is -0.123. The Balaban J connectivity index is 2.01. The van der Waals surface area contributed by atoms with Gasteiger partial charge >= 0.3 is 6.09 Å². The van der Waals surface area contributed by atoms with Gasteiger partial charge in [0.05, 0.1) is 18.7 Å². The maximum Gasteiger partial charge on any atom is 0.408 e. The Morgan fingerprint density at radius 1 is 1.57 bits per heavy atom. The van der Waals surface area contributed by atoms with E-state index in [0.29, 0.717) is 12.4 Å². The Hall–Kier alpha value is -2.58. The van der Waals surface area contributed by atoms with Gasteiger partial charge in [-0.3, -0.25) is 9.59 Å². The zero-order chi connectivity index (χ0) is 17.2. The molecule has 1 aromatic rings. The van der Waals surface area contributed by atoms with Crippen molar-refractivity contribution in [3.63, 3.8) is 0 Å². The molecule has 1 aliphatic heterocycles. The maximum absolute atomic E-state index is 12.1. The van der Waals surface area contributed by atoms with Crippen LogP contribution in [0.5, 0.6) is 0 Å². The maximum atomic E-state index is 12.1. The molecule has 0 aliphatic carbocycles. The first-order valence-corrected chi connectivity index (χ1v) is 7.27. The molecule has 0 bridgehead atoms. The minimum atomic E-state index is -1.00. The van der Waals surface area contributed by atoms with E-state index in [1.807, 2.05) is 0 Å². The summed E-state index contributed by atoms with van der Waals surface area (Å²) in [6, 6.07) is 0.677. The molecule has 9 nitrogen and oxygen atoms in total. The molecular weight excluding hydrogens is 302 g/mol. The third-order valence-electron chi connectivity index (χ3n) is 3.29. The summed E-state index contributed by atoms with van der Waals surface area (Å²) in [4.78, 5) is 35.4. The van der Waals surface area contributed by atoms with Gasteiger partial charge in [0.15, 0.2) is 0 Å². The van der Waals surface area contributed by atoms with Gasteiger partial charge in [0.2, 0.25) is 11.8 Å². The van der Waals surface area contributed by atoms with Crippen LogP contribution in [0.4, 0.5) is 10.6 Å². The lowest BCUT2D eigenvalue weighted by Gasteiger charge is -2.27. The van der Waals surface area contributed by atoms with Crippen molar-refractivity contribution in [2.45, 2.75) is 45.4 Å². The second kappa shape index (κ2) is 6.27. The highest BCUT2D eigenvalue weighted by atomic mass is 16.6. The number of carbonyl (C=O) groups is 3. The number of rotatable bonds is 4. The number of ether oxygens (including phenoxy) is 1. The van der Waals surface area contributed by atoms with Crippen molar-refractivity contribution in [1.29, 1.82) is 0 Å². The fourth-order valence-electron chi connectivity index (χ4n) is 2.27. The Labute approximate surface area is 133 Å². The molecule has 2 heterocycles. The van der Waals surface area contributed by atoms with Crippen LogP contribution in [-0.4, -0.2) is 39.3 Å². The van der Waals surface area contributed by atoms with Gasteiger partial charge in [0, 0.05) is 6.07 Å². The number of carbonyl (C=O) groups excluding carboxylic acids is 3. The second-order valence-corrected chi connectivity index (χ2v) is 6.42. The van der Waals surface area contributed by atoms with E-state index >= 15 is 0 Å². The molecule has 0 saturated carbocycles. The van der Waals surface area contributed by atoms with Crippen LogP contribution >= 0.6 is 0 Å². The summed E-state index contributed by atoms with van der Waals surface area (Å²) in [5.74, 6) is -0.901. The Morgan fingerprint density at radius 2 is 2.26 bits per heavy atom. The summed E-state index contributed by atoms with van der Waals surface area (Å²) in [5, 5.41) is 9.18. The van der Waals surface area contributed by atoms with Crippen LogP contribution < -0.4 is 16.4 Å². The average Bonchev–Trinajstić information content (AvgIpc) is 2.82. The highest BCUT2D eigenvalue weighted by molar-refractivity contribution is 5.94. The SMILES string of the molecule is CC(C)(C)OC(=O)N[C@@H](CC1Cn2nccc2NC1=O)C(N)=O. The number of hydrogen-bond acceptors (Lipinski definition) is 5. The number of anilines is 1. The van der Waals surface area contributed by atoms with Gasteiger partial charge in [-0.15, -0.1) is 0 Å². The van der Waals surface area contributed by atoms with Crippen molar-refractivity contribution in [3.05, 3.63) is 12.3 Å². The molecule has 0 saturated heterocycles. The number of aromatic nitrogens is 2. The number of hydrogen-bond donors (Lipinski definition) is 3. The zero-order valence-corrected chi connectivity index (χ0v) is 13.3. The largest absolute Gasteiger partial charge is 0.444 e. The fourth-order valence-corrected chi connectivity index (χ4v) is 2.27. The van der Waals surface area contributed by atoms with E-state index < -0.39 is 29.6 Å². The van der Waals surface area contributed by atoms with Gasteiger partial charge in [-0.2, -0.15) is 5.10 Å². The van der Waals surface area contributed by atoms with Crippen molar-refractivity contribution < 1.29 is 19.1 Å². The Morgan fingerprint density at radius 3 is 2.87 bits per heavy atom. The zero-order valence-electron chi connectivity index (χ0n) is 13.3. The third-order valence-corrected chi connectivity index (χ3v) is 3.29. The van der Waals surface area contributed by atoms with Crippen LogP contribution in [0, 0.1) is 5.92 Å². The highest BCUT2D eigenvalue weighted by Crippen LogP contribution is 2.21. The van der Waals surface area contributed by atoms with Crippen LogP contribution in [0.25, 0.3) is 0 Å². The van der Waals surface area contributed by atoms with E-state index in [9.17, 15) is 14.4 Å². The summed E-state index contributed by atoms with van der Waals surface area (Å²) in [6.45, 7) is 5.44. The van der Waals surface area contributed by atoms with E-state index in [1.54, 1.807) is 37.7 Å². The minimum absolute atomic E-state index is 0.0692. The van der Waals surface area contributed by atoms with Crippen molar-refractivity contribution in [2.24, 2.45) is 11.7 Å². The predicted octanol–water partition coefficient (Wildman–Crippen LogP) is 0.220. The Bertz CT molecular complexity index is 619. The molecule has 0 spiro atoms. The molecule has 0 fully saturated rings. The number of nitrogens with two attached hydrogens (primary N) is 1. The topological polar surface area (TPSA) is 128 Å². The molecule has 0 radical (unpaired) electrons. The van der Waals surface area contributed by atoms with Gasteiger partial charge < -0.3 is 21.1 Å². The van der Waals surface area contributed by atoms with E-state index in [4.69, 9.17) is 10.5 Å². The number of primary amides is 1. The summed E-state index contributed by atoms with van der Waals surface area (Å²) < 4.78 is 6.72. The lowest BCUT2D eigenvalue weighted by atomic mass is 9.97. The molecule has 2 atom stereocenters. The number of nitrogens with zero attached hydrogens (tertiary/aromatic N) is 2. The quantitative estimate of drug-likeness (QED) is 0.730.